The van der Waals surface area contributed by atoms with Crippen LogP contribution in [0.5, 0.6) is 0 Å². The van der Waals surface area contributed by atoms with Gasteiger partial charge in [-0.05, 0) is 23.4 Å². The van der Waals surface area contributed by atoms with Crippen LogP contribution in [0.25, 0.3) is 0 Å². The van der Waals surface area contributed by atoms with Crippen molar-refractivity contribution in [2.24, 2.45) is 9.98 Å². The number of allylic oxidation sites excluding steroid dienone is 1. The molecule has 0 fully saturated rings. The Balaban J connectivity index is 1.73. The summed E-state index contributed by atoms with van der Waals surface area (Å²) in [6, 6.07) is 15.2. The van der Waals surface area contributed by atoms with Crippen LogP contribution in [0.3, 0.4) is 0 Å². The molecule has 0 amide bonds. The number of nitrogens with one attached hydrogen (secondary N) is 1. The van der Waals surface area contributed by atoms with E-state index in [0.29, 0.717) is 0 Å². The molecule has 1 N–H and O–H groups in total. The van der Waals surface area contributed by atoms with Gasteiger partial charge in [-0.25, -0.2) is 0 Å². The number of rotatable bonds is 2. The Bertz CT molecular complexity index is 714. The van der Waals surface area contributed by atoms with Gasteiger partial charge < -0.3 is 5.32 Å². The van der Waals surface area contributed by atoms with Crippen LogP contribution in [-0.4, -0.2) is 11.9 Å². The molecule has 1 aromatic heterocycles. The molecule has 2 aliphatic rings. The quantitative estimate of drug-likeness (QED) is 0.896. The second kappa shape index (κ2) is 5.30. The van der Waals surface area contributed by atoms with Crippen molar-refractivity contribution in [2.45, 2.75) is 18.5 Å². The van der Waals surface area contributed by atoms with Crippen LogP contribution in [0.4, 0.5) is 0 Å². The Morgan fingerprint density at radius 3 is 2.81 bits per heavy atom. The molecule has 0 radical (unpaired) electrons. The molecule has 104 valence electrons. The molecule has 2 aliphatic heterocycles. The summed E-state index contributed by atoms with van der Waals surface area (Å²) in [7, 11) is 0. The molecule has 2 aromatic rings. The smallest absolute Gasteiger partial charge is 0.101 e. The summed E-state index contributed by atoms with van der Waals surface area (Å²) in [5.41, 5.74) is 3.25. The molecule has 4 rings (SSSR count). The molecule has 1 aromatic carbocycles. The highest BCUT2D eigenvalue weighted by Crippen LogP contribution is 2.35. The van der Waals surface area contributed by atoms with E-state index in [-0.39, 0.29) is 12.1 Å². The lowest BCUT2D eigenvalue weighted by atomic mass is 9.99. The maximum atomic E-state index is 4.91. The van der Waals surface area contributed by atoms with E-state index >= 15 is 0 Å². The van der Waals surface area contributed by atoms with Crippen molar-refractivity contribution in [1.29, 1.82) is 0 Å². The molecule has 0 bridgehead atoms. The standard InChI is InChI=1S/C17H15N3S/c1-2-5-12(6-3-1)13-9-14(17-7-4-8-21-17)20-16-11-18-10-15(16)19-13/h1-8,10-11,13-14,20H,9H2. The third-order valence-electron chi connectivity index (χ3n) is 3.83. The fourth-order valence-corrected chi connectivity index (χ4v) is 3.58. The van der Waals surface area contributed by atoms with Gasteiger partial charge in [0.1, 0.15) is 5.71 Å². The van der Waals surface area contributed by atoms with E-state index in [1.807, 2.05) is 18.5 Å². The highest BCUT2D eigenvalue weighted by molar-refractivity contribution is 7.10. The minimum Gasteiger partial charge on any atom is -0.374 e. The predicted octanol–water partition coefficient (Wildman–Crippen LogP) is 3.89. The summed E-state index contributed by atoms with van der Waals surface area (Å²) >= 11 is 1.79. The molecule has 3 heterocycles. The van der Waals surface area contributed by atoms with Gasteiger partial charge in [0.2, 0.25) is 0 Å². The summed E-state index contributed by atoms with van der Waals surface area (Å²) in [6.07, 6.45) is 4.67. The number of thiophene rings is 1. The molecule has 2 atom stereocenters. The third-order valence-corrected chi connectivity index (χ3v) is 4.82. The largest absolute Gasteiger partial charge is 0.374 e. The van der Waals surface area contributed by atoms with Gasteiger partial charge in [0, 0.05) is 4.88 Å². The van der Waals surface area contributed by atoms with Crippen molar-refractivity contribution in [3.63, 3.8) is 0 Å². The topological polar surface area (TPSA) is 36.8 Å². The Labute approximate surface area is 127 Å². The van der Waals surface area contributed by atoms with E-state index in [9.17, 15) is 0 Å². The van der Waals surface area contributed by atoms with Crippen LogP contribution >= 0.6 is 11.3 Å². The van der Waals surface area contributed by atoms with Gasteiger partial charge in [-0.3, -0.25) is 9.98 Å². The van der Waals surface area contributed by atoms with Gasteiger partial charge in [0.05, 0.1) is 30.2 Å². The van der Waals surface area contributed by atoms with Crippen LogP contribution in [0.1, 0.15) is 28.9 Å². The van der Waals surface area contributed by atoms with Crippen LogP contribution < -0.4 is 5.32 Å². The Morgan fingerprint density at radius 1 is 1.10 bits per heavy atom. The van der Waals surface area contributed by atoms with E-state index in [0.717, 1.165) is 17.8 Å². The van der Waals surface area contributed by atoms with Gasteiger partial charge >= 0.3 is 0 Å². The second-order valence-corrected chi connectivity index (χ2v) is 6.19. The average Bonchev–Trinajstić information content (AvgIpc) is 3.16. The van der Waals surface area contributed by atoms with Crippen LogP contribution in [0, 0.1) is 0 Å². The van der Waals surface area contributed by atoms with E-state index < -0.39 is 0 Å². The van der Waals surface area contributed by atoms with Crippen LogP contribution in [0.15, 0.2) is 69.7 Å². The molecule has 0 spiro atoms. The fraction of sp³-hybridized carbons (Fsp3) is 0.176. The van der Waals surface area contributed by atoms with Gasteiger partial charge in [0.25, 0.3) is 0 Å². The first-order valence-corrected chi connectivity index (χ1v) is 7.94. The maximum Gasteiger partial charge on any atom is 0.101 e. The number of hydrogen-bond acceptors (Lipinski definition) is 4. The van der Waals surface area contributed by atoms with Gasteiger partial charge in [-0.15, -0.1) is 11.3 Å². The number of fused-ring (bicyclic) bond motifs is 1. The van der Waals surface area contributed by atoms with E-state index in [1.165, 1.54) is 10.4 Å². The lowest BCUT2D eigenvalue weighted by Gasteiger charge is -2.19. The Morgan fingerprint density at radius 2 is 2.00 bits per heavy atom. The summed E-state index contributed by atoms with van der Waals surface area (Å²) in [6.45, 7) is 0. The van der Waals surface area contributed by atoms with Crippen molar-refractivity contribution in [3.8, 4) is 0 Å². The monoisotopic (exact) mass is 293 g/mol. The van der Waals surface area contributed by atoms with Crippen LogP contribution in [0.2, 0.25) is 0 Å². The summed E-state index contributed by atoms with van der Waals surface area (Å²) < 4.78 is 0. The summed E-state index contributed by atoms with van der Waals surface area (Å²) in [5.74, 6) is 0. The normalized spacial score (nSPS) is 23.8. The van der Waals surface area contributed by atoms with E-state index in [2.05, 4.69) is 52.1 Å². The van der Waals surface area contributed by atoms with E-state index in [4.69, 9.17) is 4.99 Å². The molecule has 2 unspecified atom stereocenters. The first-order valence-electron chi connectivity index (χ1n) is 7.06. The first kappa shape index (κ1) is 12.5. The van der Waals surface area contributed by atoms with Crippen molar-refractivity contribution < 1.29 is 0 Å². The molecule has 4 heteroatoms. The molecular formula is C17H15N3S. The predicted molar refractivity (Wildman–Crippen MR) is 88.0 cm³/mol. The lowest BCUT2D eigenvalue weighted by molar-refractivity contribution is 0.521. The summed E-state index contributed by atoms with van der Waals surface area (Å²) in [4.78, 5) is 10.5. The Hall–Kier alpha value is -2.20. The minimum atomic E-state index is 0.163. The van der Waals surface area contributed by atoms with Gasteiger partial charge in [-0.1, -0.05) is 36.4 Å². The molecule has 0 aliphatic carbocycles. The van der Waals surface area contributed by atoms with Crippen molar-refractivity contribution >= 4 is 23.3 Å². The molecule has 3 nitrogen and oxygen atoms in total. The highest BCUT2D eigenvalue weighted by atomic mass is 32.1. The highest BCUT2D eigenvalue weighted by Gasteiger charge is 2.26. The zero-order chi connectivity index (χ0) is 14.1. The SMILES string of the molecule is C1=NC=C2NC(c3cccs3)CC(c3ccccc3)N=C12. The third kappa shape index (κ3) is 2.43. The number of aliphatic imine (C=N–C) groups is 2. The van der Waals surface area contributed by atoms with Crippen molar-refractivity contribution in [3.05, 3.63) is 70.2 Å². The van der Waals surface area contributed by atoms with Gasteiger partial charge in [0.15, 0.2) is 0 Å². The van der Waals surface area contributed by atoms with Crippen molar-refractivity contribution in [2.75, 3.05) is 0 Å². The first-order chi connectivity index (χ1) is 10.4. The molecule has 21 heavy (non-hydrogen) atoms. The lowest BCUT2D eigenvalue weighted by Crippen LogP contribution is -2.22. The maximum absolute atomic E-state index is 4.91. The Kier molecular flexibility index (Phi) is 3.16. The van der Waals surface area contributed by atoms with Gasteiger partial charge in [-0.2, -0.15) is 0 Å². The number of nitrogens with zero attached hydrogens (tertiary/aromatic N) is 2. The summed E-state index contributed by atoms with van der Waals surface area (Å²) in [5, 5.41) is 5.72. The molecule has 0 saturated carbocycles. The fourth-order valence-electron chi connectivity index (χ4n) is 2.79. The zero-order valence-electron chi connectivity index (χ0n) is 11.4. The minimum absolute atomic E-state index is 0.163. The van der Waals surface area contributed by atoms with E-state index in [1.54, 1.807) is 11.3 Å². The number of benzene rings is 1. The molecule has 0 saturated heterocycles. The number of hydrogen-bond donors (Lipinski definition) is 1. The van der Waals surface area contributed by atoms with Crippen LogP contribution in [-0.2, 0) is 0 Å². The zero-order valence-corrected chi connectivity index (χ0v) is 12.3. The van der Waals surface area contributed by atoms with Crippen molar-refractivity contribution in [1.82, 2.24) is 5.32 Å². The average molecular weight is 293 g/mol. The second-order valence-electron chi connectivity index (χ2n) is 5.21. The molecular weight excluding hydrogens is 278 g/mol.